The number of hydrogen-bond acceptors (Lipinski definition) is 4. The van der Waals surface area contributed by atoms with Crippen molar-refractivity contribution in [2.24, 2.45) is 5.92 Å². The second kappa shape index (κ2) is 14.7. The molecule has 0 N–H and O–H groups in total. The van der Waals surface area contributed by atoms with E-state index in [2.05, 4.69) is 32.0 Å². The van der Waals surface area contributed by atoms with Crippen LogP contribution in [0, 0.1) is 5.92 Å². The Hall–Kier alpha value is -2.49. The number of cyclic esters (lactones) is 1. The van der Waals surface area contributed by atoms with Crippen LogP contribution in [0.1, 0.15) is 84.5 Å². The lowest BCUT2D eigenvalue weighted by molar-refractivity contribution is -0.162. The molecule has 2 aromatic carbocycles. The maximum Gasteiger partial charge on any atom is 0.309 e. The molecule has 0 radical (unpaired) electrons. The molecule has 1 aliphatic heterocycles. The average molecular weight is 467 g/mol. The molecule has 1 saturated heterocycles. The van der Waals surface area contributed by atoms with Gasteiger partial charge in [0.2, 0.25) is 0 Å². The van der Waals surface area contributed by atoms with Gasteiger partial charge in [0.25, 0.3) is 0 Å². The van der Waals surface area contributed by atoms with Crippen LogP contribution in [0.15, 0.2) is 48.5 Å². The third-order valence-corrected chi connectivity index (χ3v) is 6.59. The van der Waals surface area contributed by atoms with Gasteiger partial charge in [0.05, 0.1) is 12.5 Å². The molecule has 34 heavy (non-hydrogen) atoms. The summed E-state index contributed by atoms with van der Waals surface area (Å²) in [7, 11) is 0. The first-order chi connectivity index (χ1) is 16.7. The van der Waals surface area contributed by atoms with Crippen molar-refractivity contribution in [1.29, 1.82) is 0 Å². The maximum absolute atomic E-state index is 12.4. The molecular formula is C30H42O4. The molecule has 2 atom stereocenters. The zero-order valence-electron chi connectivity index (χ0n) is 21.1. The van der Waals surface area contributed by atoms with Gasteiger partial charge in [-0.3, -0.25) is 4.79 Å². The van der Waals surface area contributed by atoms with E-state index in [9.17, 15) is 4.79 Å². The summed E-state index contributed by atoms with van der Waals surface area (Å²) in [5, 5.41) is 0. The summed E-state index contributed by atoms with van der Waals surface area (Å²) in [6.07, 6.45) is 12.1. The number of carbonyl (C=O) groups is 1. The smallest absolute Gasteiger partial charge is 0.309 e. The minimum Gasteiger partial charge on any atom is -0.493 e. The minimum absolute atomic E-state index is 0.0507. The summed E-state index contributed by atoms with van der Waals surface area (Å²) in [4.78, 5) is 12.4. The van der Waals surface area contributed by atoms with E-state index in [4.69, 9.17) is 14.2 Å². The second-order valence-electron chi connectivity index (χ2n) is 9.43. The Balaban J connectivity index is 1.58. The second-order valence-corrected chi connectivity index (χ2v) is 9.43. The van der Waals surface area contributed by atoms with E-state index in [1.807, 2.05) is 30.3 Å². The lowest BCUT2D eigenvalue weighted by Crippen LogP contribution is -2.34. The van der Waals surface area contributed by atoms with Crippen molar-refractivity contribution in [3.63, 3.8) is 0 Å². The molecule has 1 heterocycles. The average Bonchev–Trinajstić information content (AvgIpc) is 2.87. The van der Waals surface area contributed by atoms with Crippen LogP contribution in [-0.2, 0) is 9.53 Å². The van der Waals surface area contributed by atoms with E-state index in [0.29, 0.717) is 6.61 Å². The minimum atomic E-state index is -0.193. The molecule has 0 unspecified atom stereocenters. The van der Waals surface area contributed by atoms with Crippen molar-refractivity contribution in [1.82, 2.24) is 0 Å². The van der Waals surface area contributed by atoms with Gasteiger partial charge in [-0.1, -0.05) is 89.1 Å². The molecule has 1 aliphatic rings. The monoisotopic (exact) mass is 466 g/mol. The summed E-state index contributed by atoms with van der Waals surface area (Å²) in [6, 6.07) is 16.3. The molecule has 0 aliphatic carbocycles. The van der Waals surface area contributed by atoms with E-state index in [1.165, 1.54) is 32.1 Å². The first-order valence-electron chi connectivity index (χ1n) is 13.4. The van der Waals surface area contributed by atoms with Crippen LogP contribution in [0.2, 0.25) is 0 Å². The van der Waals surface area contributed by atoms with Gasteiger partial charge in [-0.25, -0.2) is 0 Å². The number of carbonyl (C=O) groups excluding carboxylic acids is 1. The van der Waals surface area contributed by atoms with E-state index >= 15 is 0 Å². The fraction of sp³-hybridized carbons (Fsp3) is 0.567. The fourth-order valence-corrected chi connectivity index (χ4v) is 4.48. The van der Waals surface area contributed by atoms with E-state index < -0.39 is 0 Å². The zero-order chi connectivity index (χ0) is 24.0. The van der Waals surface area contributed by atoms with E-state index in [1.54, 1.807) is 0 Å². The Kier molecular flexibility index (Phi) is 11.3. The number of benzene rings is 2. The van der Waals surface area contributed by atoms with Crippen molar-refractivity contribution in [3.8, 4) is 22.6 Å². The number of hydrogen-bond donors (Lipinski definition) is 0. The number of ether oxygens (including phenoxy) is 3. The van der Waals surface area contributed by atoms with Crippen LogP contribution in [0.25, 0.3) is 11.1 Å². The van der Waals surface area contributed by atoms with Gasteiger partial charge in [0.1, 0.15) is 24.2 Å². The van der Waals surface area contributed by atoms with Gasteiger partial charge >= 0.3 is 5.97 Å². The summed E-state index contributed by atoms with van der Waals surface area (Å²) in [5.74, 6) is 1.58. The third kappa shape index (κ3) is 8.38. The SMILES string of the molecule is CCCCCCCCOc1ccc(-c2ccccc2)c(OC[C@@H]2CC[C@H](CCCC)C(=O)O2)c1. The Morgan fingerprint density at radius 2 is 1.62 bits per heavy atom. The molecule has 1 fully saturated rings. The highest BCUT2D eigenvalue weighted by Crippen LogP contribution is 2.34. The van der Waals surface area contributed by atoms with Gasteiger partial charge in [0.15, 0.2) is 0 Å². The molecule has 3 rings (SSSR count). The number of unbranched alkanes of at least 4 members (excludes halogenated alkanes) is 6. The van der Waals surface area contributed by atoms with E-state index in [0.717, 1.165) is 67.8 Å². The third-order valence-electron chi connectivity index (χ3n) is 6.59. The molecular weight excluding hydrogens is 424 g/mol. The highest BCUT2D eigenvalue weighted by atomic mass is 16.6. The van der Waals surface area contributed by atoms with Gasteiger partial charge in [-0.05, 0) is 43.4 Å². The largest absolute Gasteiger partial charge is 0.493 e. The van der Waals surface area contributed by atoms with Crippen LogP contribution >= 0.6 is 0 Å². The molecule has 0 saturated carbocycles. The lowest BCUT2D eigenvalue weighted by Gasteiger charge is -2.28. The lowest BCUT2D eigenvalue weighted by atomic mass is 9.93. The van der Waals surface area contributed by atoms with Crippen LogP contribution in [0.3, 0.4) is 0 Å². The topological polar surface area (TPSA) is 44.8 Å². The summed E-state index contributed by atoms with van der Waals surface area (Å²) < 4.78 is 18.0. The van der Waals surface area contributed by atoms with Gasteiger partial charge in [-0.2, -0.15) is 0 Å². The normalized spacial score (nSPS) is 17.9. The predicted octanol–water partition coefficient (Wildman–Crippen LogP) is 7.98. The maximum atomic E-state index is 12.4. The summed E-state index contributed by atoms with van der Waals surface area (Å²) in [5.41, 5.74) is 2.12. The fourth-order valence-electron chi connectivity index (χ4n) is 4.48. The summed E-state index contributed by atoms with van der Waals surface area (Å²) in [6.45, 7) is 5.48. The van der Waals surface area contributed by atoms with Crippen LogP contribution in [0.4, 0.5) is 0 Å². The molecule has 4 heteroatoms. The van der Waals surface area contributed by atoms with Crippen molar-refractivity contribution in [3.05, 3.63) is 48.5 Å². The quantitative estimate of drug-likeness (QED) is 0.197. The van der Waals surface area contributed by atoms with Crippen LogP contribution in [-0.4, -0.2) is 25.3 Å². The summed E-state index contributed by atoms with van der Waals surface area (Å²) >= 11 is 0. The zero-order valence-corrected chi connectivity index (χ0v) is 21.1. The van der Waals surface area contributed by atoms with E-state index in [-0.39, 0.29) is 18.0 Å². The van der Waals surface area contributed by atoms with Gasteiger partial charge in [0, 0.05) is 11.6 Å². The molecule has 4 nitrogen and oxygen atoms in total. The first kappa shape index (κ1) is 26.1. The molecule has 0 amide bonds. The standard InChI is InChI=1S/C30H42O4/c1-3-5-7-8-9-13-21-32-26-19-20-28(24-15-11-10-12-16-24)29(22-26)33-23-27-18-17-25(14-6-4-2)30(31)34-27/h10-12,15-16,19-20,22,25,27H,3-9,13-14,17-18,21,23H2,1-2H3/t25-,27-/m0/s1. The Morgan fingerprint density at radius 3 is 2.38 bits per heavy atom. The molecule has 0 spiro atoms. The highest BCUT2D eigenvalue weighted by Gasteiger charge is 2.30. The number of esters is 1. The van der Waals surface area contributed by atoms with Crippen LogP contribution in [0.5, 0.6) is 11.5 Å². The predicted molar refractivity (Wildman–Crippen MR) is 138 cm³/mol. The number of rotatable bonds is 15. The molecule has 2 aromatic rings. The molecule has 0 aromatic heterocycles. The Morgan fingerprint density at radius 1 is 0.853 bits per heavy atom. The van der Waals surface area contributed by atoms with Gasteiger partial charge < -0.3 is 14.2 Å². The Bertz CT molecular complexity index is 848. The van der Waals surface area contributed by atoms with Crippen LogP contribution < -0.4 is 9.47 Å². The highest BCUT2D eigenvalue weighted by molar-refractivity contribution is 5.73. The van der Waals surface area contributed by atoms with Crippen molar-refractivity contribution in [2.75, 3.05) is 13.2 Å². The van der Waals surface area contributed by atoms with Crippen molar-refractivity contribution < 1.29 is 19.0 Å². The molecule has 186 valence electrons. The first-order valence-corrected chi connectivity index (χ1v) is 13.4. The van der Waals surface area contributed by atoms with Crippen molar-refractivity contribution in [2.45, 2.75) is 90.6 Å². The Labute approximate surface area is 206 Å². The van der Waals surface area contributed by atoms with Gasteiger partial charge in [-0.15, -0.1) is 0 Å². The molecule has 0 bridgehead atoms. The van der Waals surface area contributed by atoms with Crippen molar-refractivity contribution >= 4 is 5.97 Å².